The molecule has 1 amide bonds. The van der Waals surface area contributed by atoms with Crippen molar-refractivity contribution >= 4 is 21.6 Å². The van der Waals surface area contributed by atoms with Gasteiger partial charge in [-0.3, -0.25) is 9.36 Å². The number of hydrogen-bond acceptors (Lipinski definition) is 6. The highest BCUT2D eigenvalue weighted by Crippen LogP contribution is 2.19. The number of carbonyl (C=O) groups excluding carboxylic acids is 1. The molecule has 10 nitrogen and oxygen atoms in total. The predicted octanol–water partition coefficient (Wildman–Crippen LogP) is -0.759. The third-order valence-corrected chi connectivity index (χ3v) is 5.84. The molecule has 26 heavy (non-hydrogen) atoms. The van der Waals surface area contributed by atoms with Crippen molar-refractivity contribution in [2.24, 2.45) is 7.05 Å². The summed E-state index contributed by atoms with van der Waals surface area (Å²) in [5.74, 6) is -0.436. The van der Waals surface area contributed by atoms with E-state index in [2.05, 4.69) is 10.4 Å². The molecule has 1 aromatic carbocycles. The second kappa shape index (κ2) is 7.40. The molecule has 1 saturated heterocycles. The van der Waals surface area contributed by atoms with E-state index in [1.807, 2.05) is 0 Å². The largest absolute Gasteiger partial charge is 0.379 e. The van der Waals surface area contributed by atoms with Crippen molar-refractivity contribution in [1.82, 2.24) is 18.7 Å². The monoisotopic (exact) mass is 381 g/mol. The first-order valence-electron chi connectivity index (χ1n) is 7.94. The van der Waals surface area contributed by atoms with E-state index in [0.29, 0.717) is 32.0 Å². The molecule has 0 aliphatic carbocycles. The molecule has 11 heteroatoms. The van der Waals surface area contributed by atoms with Crippen molar-refractivity contribution in [3.05, 3.63) is 41.1 Å². The maximum absolute atomic E-state index is 12.5. The van der Waals surface area contributed by atoms with E-state index in [4.69, 9.17) is 4.74 Å². The normalized spacial score (nSPS) is 15.7. The Morgan fingerprint density at radius 2 is 1.88 bits per heavy atom. The summed E-state index contributed by atoms with van der Waals surface area (Å²) in [5.41, 5.74) is 0.0343. The molecule has 1 aromatic heterocycles. The van der Waals surface area contributed by atoms with Crippen LogP contribution in [0.5, 0.6) is 0 Å². The molecule has 0 atom stereocenters. The van der Waals surface area contributed by atoms with E-state index in [-0.39, 0.29) is 11.4 Å². The lowest BCUT2D eigenvalue weighted by Crippen LogP contribution is -2.40. The van der Waals surface area contributed by atoms with Crippen LogP contribution in [0, 0.1) is 0 Å². The predicted molar refractivity (Wildman–Crippen MR) is 92.1 cm³/mol. The van der Waals surface area contributed by atoms with Crippen LogP contribution in [-0.2, 0) is 33.1 Å². The average molecular weight is 381 g/mol. The van der Waals surface area contributed by atoms with Gasteiger partial charge in [0.05, 0.1) is 18.1 Å². The molecule has 0 unspecified atom stereocenters. The zero-order chi connectivity index (χ0) is 18.7. The lowest BCUT2D eigenvalue weighted by Gasteiger charge is -2.26. The van der Waals surface area contributed by atoms with Gasteiger partial charge in [0, 0.05) is 25.8 Å². The first-order valence-corrected chi connectivity index (χ1v) is 9.38. The Hall–Kier alpha value is -2.50. The Morgan fingerprint density at radius 3 is 2.46 bits per heavy atom. The molecule has 0 bridgehead atoms. The Bertz CT molecular complexity index is 942. The van der Waals surface area contributed by atoms with Crippen LogP contribution in [0.1, 0.15) is 0 Å². The van der Waals surface area contributed by atoms with E-state index in [1.54, 1.807) is 0 Å². The van der Waals surface area contributed by atoms with Gasteiger partial charge in [0.15, 0.2) is 0 Å². The van der Waals surface area contributed by atoms with E-state index in [0.717, 1.165) is 4.68 Å². The standard InChI is InChI=1S/C15H19N5O5S/c1-18-11-16-20(15(18)22)10-14(21)17-12-2-4-13(5-3-12)26(23,24)19-6-8-25-9-7-19/h2-5,11H,6-10H2,1H3,(H,17,21). The van der Waals surface area contributed by atoms with Gasteiger partial charge in [-0.05, 0) is 24.3 Å². The van der Waals surface area contributed by atoms with Gasteiger partial charge in [0.2, 0.25) is 15.9 Å². The van der Waals surface area contributed by atoms with Crippen LogP contribution in [0.2, 0.25) is 0 Å². The van der Waals surface area contributed by atoms with Crippen molar-refractivity contribution in [3.63, 3.8) is 0 Å². The summed E-state index contributed by atoms with van der Waals surface area (Å²) in [7, 11) is -2.04. The molecule has 1 fully saturated rings. The third-order valence-electron chi connectivity index (χ3n) is 3.93. The summed E-state index contributed by atoms with van der Waals surface area (Å²) in [6.07, 6.45) is 1.32. The number of anilines is 1. The van der Waals surface area contributed by atoms with E-state index >= 15 is 0 Å². The van der Waals surface area contributed by atoms with Gasteiger partial charge in [-0.1, -0.05) is 0 Å². The number of hydrogen-bond donors (Lipinski definition) is 1. The van der Waals surface area contributed by atoms with Crippen molar-refractivity contribution < 1.29 is 17.9 Å². The van der Waals surface area contributed by atoms with Crippen LogP contribution in [0.25, 0.3) is 0 Å². The molecule has 2 aromatic rings. The van der Waals surface area contributed by atoms with Gasteiger partial charge in [-0.2, -0.15) is 9.40 Å². The summed E-state index contributed by atoms with van der Waals surface area (Å²) >= 11 is 0. The Morgan fingerprint density at radius 1 is 1.23 bits per heavy atom. The number of sulfonamides is 1. The zero-order valence-corrected chi connectivity index (χ0v) is 15.0. The van der Waals surface area contributed by atoms with Gasteiger partial charge in [-0.25, -0.2) is 17.9 Å². The molecular formula is C15H19N5O5S. The first kappa shape index (κ1) is 18.3. The number of aromatic nitrogens is 3. The third kappa shape index (κ3) is 3.84. The maximum Gasteiger partial charge on any atom is 0.345 e. The Balaban J connectivity index is 1.66. The molecule has 0 spiro atoms. The molecular weight excluding hydrogens is 362 g/mol. The lowest BCUT2D eigenvalue weighted by molar-refractivity contribution is -0.117. The minimum Gasteiger partial charge on any atom is -0.379 e. The molecule has 0 radical (unpaired) electrons. The highest BCUT2D eigenvalue weighted by molar-refractivity contribution is 7.89. The van der Waals surface area contributed by atoms with Crippen LogP contribution in [-0.4, -0.2) is 59.3 Å². The molecule has 1 N–H and O–H groups in total. The number of ether oxygens (including phenoxy) is 1. The first-order chi connectivity index (χ1) is 12.4. The summed E-state index contributed by atoms with van der Waals surface area (Å²) in [4.78, 5) is 23.8. The maximum atomic E-state index is 12.5. The fourth-order valence-electron chi connectivity index (χ4n) is 2.51. The van der Waals surface area contributed by atoms with Gasteiger partial charge >= 0.3 is 5.69 Å². The smallest absolute Gasteiger partial charge is 0.345 e. The van der Waals surface area contributed by atoms with E-state index in [9.17, 15) is 18.0 Å². The van der Waals surface area contributed by atoms with Gasteiger partial charge in [0.1, 0.15) is 12.9 Å². The SMILES string of the molecule is Cn1cnn(CC(=O)Nc2ccc(S(=O)(=O)N3CCOCC3)cc2)c1=O. The Kier molecular flexibility index (Phi) is 5.20. The van der Waals surface area contributed by atoms with Gasteiger partial charge in [-0.15, -0.1) is 0 Å². The average Bonchev–Trinajstić information content (AvgIpc) is 2.95. The van der Waals surface area contributed by atoms with Crippen LogP contribution in [0.3, 0.4) is 0 Å². The molecule has 3 rings (SSSR count). The van der Waals surface area contributed by atoms with Gasteiger partial charge < -0.3 is 10.1 Å². The summed E-state index contributed by atoms with van der Waals surface area (Å²) in [5, 5.41) is 6.42. The van der Waals surface area contributed by atoms with E-state index < -0.39 is 21.6 Å². The van der Waals surface area contributed by atoms with Crippen molar-refractivity contribution in [2.75, 3.05) is 31.6 Å². The number of aryl methyl sites for hydroxylation is 1. The van der Waals surface area contributed by atoms with E-state index in [1.165, 1.54) is 46.5 Å². The second-order valence-corrected chi connectivity index (χ2v) is 7.71. The van der Waals surface area contributed by atoms with Crippen molar-refractivity contribution in [2.45, 2.75) is 11.4 Å². The number of nitrogens with one attached hydrogen (secondary N) is 1. The second-order valence-electron chi connectivity index (χ2n) is 5.77. The van der Waals surface area contributed by atoms with Crippen LogP contribution < -0.4 is 11.0 Å². The zero-order valence-electron chi connectivity index (χ0n) is 14.2. The van der Waals surface area contributed by atoms with Gasteiger partial charge in [0.25, 0.3) is 0 Å². The Labute approximate surface area is 150 Å². The quantitative estimate of drug-likeness (QED) is 0.728. The summed E-state index contributed by atoms with van der Waals surface area (Å²) < 4.78 is 33.9. The highest BCUT2D eigenvalue weighted by Gasteiger charge is 2.26. The fourth-order valence-corrected chi connectivity index (χ4v) is 3.92. The number of benzene rings is 1. The van der Waals surface area contributed by atoms with Crippen LogP contribution in [0.15, 0.2) is 40.3 Å². The van der Waals surface area contributed by atoms with Crippen LogP contribution in [0.4, 0.5) is 5.69 Å². The van der Waals surface area contributed by atoms with Crippen molar-refractivity contribution in [1.29, 1.82) is 0 Å². The molecule has 140 valence electrons. The molecule has 1 aliphatic rings. The number of carbonyl (C=O) groups is 1. The number of amides is 1. The molecule has 1 aliphatic heterocycles. The fraction of sp³-hybridized carbons (Fsp3) is 0.400. The lowest BCUT2D eigenvalue weighted by atomic mass is 10.3. The number of morpholine rings is 1. The highest BCUT2D eigenvalue weighted by atomic mass is 32.2. The number of rotatable bonds is 5. The summed E-state index contributed by atoms with van der Waals surface area (Å²) in [6, 6.07) is 5.89. The summed E-state index contributed by atoms with van der Waals surface area (Å²) in [6.45, 7) is 1.16. The minimum atomic E-state index is -3.58. The van der Waals surface area contributed by atoms with Crippen LogP contribution >= 0.6 is 0 Å². The molecule has 0 saturated carbocycles. The minimum absolute atomic E-state index is 0.151. The van der Waals surface area contributed by atoms with Crippen molar-refractivity contribution in [3.8, 4) is 0 Å². The molecule has 2 heterocycles. The topological polar surface area (TPSA) is 116 Å². The number of nitrogens with zero attached hydrogens (tertiary/aromatic N) is 4.